The maximum absolute atomic E-state index is 12.6. The lowest BCUT2D eigenvalue weighted by molar-refractivity contribution is 0.0584. The normalized spacial score (nSPS) is 23.1. The number of nitrogens with zero attached hydrogens (tertiary/aromatic N) is 5. The highest BCUT2D eigenvalue weighted by Gasteiger charge is 2.35. The number of hydrogen-bond acceptors (Lipinski definition) is 23. The van der Waals surface area contributed by atoms with Crippen molar-refractivity contribution in [3.05, 3.63) is 189 Å². The van der Waals surface area contributed by atoms with Crippen molar-refractivity contribution in [3.63, 3.8) is 0 Å². The molecule has 0 unspecified atom stereocenters. The van der Waals surface area contributed by atoms with Crippen molar-refractivity contribution >= 4 is 53.5 Å². The predicted octanol–water partition coefficient (Wildman–Crippen LogP) is 9.30. The van der Waals surface area contributed by atoms with Crippen LogP contribution in [0.25, 0.3) is 0 Å². The summed E-state index contributed by atoms with van der Waals surface area (Å²) < 4.78 is 58.7. The molecule has 1 amide bonds. The van der Waals surface area contributed by atoms with E-state index >= 15 is 0 Å². The molecule has 6 aliphatic carbocycles. The van der Waals surface area contributed by atoms with Gasteiger partial charge in [-0.1, -0.05) is 0 Å². The number of carboxylic acid groups (broad SMARTS) is 1. The van der Waals surface area contributed by atoms with Crippen LogP contribution in [0.15, 0.2) is 143 Å². The van der Waals surface area contributed by atoms with Gasteiger partial charge < -0.3 is 92.2 Å². The zero-order valence-corrected chi connectivity index (χ0v) is 63.9. The summed E-state index contributed by atoms with van der Waals surface area (Å²) in [6.45, 7) is 5.33. The number of amides is 1. The van der Waals surface area contributed by atoms with E-state index in [0.29, 0.717) is 23.5 Å². The molecule has 30 nitrogen and oxygen atoms in total. The first kappa shape index (κ1) is 88.6. The Balaban J connectivity index is 0.000000227. The number of halogens is 1. The quantitative estimate of drug-likeness (QED) is 0.0472. The number of rotatable bonds is 15. The number of aromatic carboxylic acids is 1. The molecule has 0 spiro atoms. The van der Waals surface area contributed by atoms with Gasteiger partial charge in [0.05, 0.1) is 98.7 Å². The molecule has 6 fully saturated rings. The van der Waals surface area contributed by atoms with Gasteiger partial charge in [0.1, 0.15) is 28.0 Å². The molecule has 6 heterocycles. The van der Waals surface area contributed by atoms with Gasteiger partial charge in [-0.25, -0.2) is 24.0 Å². The van der Waals surface area contributed by atoms with E-state index in [0.717, 1.165) is 109 Å². The third-order valence-corrected chi connectivity index (χ3v) is 19.5. The van der Waals surface area contributed by atoms with E-state index in [-0.39, 0.29) is 118 Å². The Morgan fingerprint density at radius 1 is 0.430 bits per heavy atom. The van der Waals surface area contributed by atoms with Crippen LogP contribution in [-0.2, 0) is 42.6 Å². The van der Waals surface area contributed by atoms with Gasteiger partial charge in [0.25, 0.3) is 27.8 Å². The summed E-state index contributed by atoms with van der Waals surface area (Å²) in [4.78, 5) is 116. The highest BCUT2D eigenvalue weighted by molar-refractivity contribution is 5.89. The molecule has 0 aliphatic heterocycles. The number of nitrogens with two attached hydrogens (primary N) is 3. The molecule has 6 saturated carbocycles. The standard InChI is InChI=1S/C16H24N2O4.C13H17NO4.C12H15NO4.2C11H16N2O2.C7H6O4.C6H13NO.ClH/c1-16(2,3)22-15(20)17-11-7-6-10-18(14(11)19)12-8-5-9-13(12)21-4;1-17-11-7-3-6-10(11)14-8-4-5-9(12(14)15)13(16)18-2;1-17-10-6-2-5-9(10)13-7-3-4-8(11(13)14)12(15)16;2*1-15-10-6-2-5-9(10)13-7-3-4-8(12)11(13)14;1-10-6(8)5-3-2-4-11-7(5)9;1-8-6-4-2-3-5(6)7;/h6-7,10,12-13H,5,8-9H2,1-4H3,(H,17,20);4-5,8,10-11H,3,6-7H2,1-2H3;3-4,7,9-10H,2,5-6H2,1H3,(H,15,16);2*3-4,7,9-10H,2,5-6,12H2,1H3;2-4H,1H3;5-6H,2-4,7H2,1H3;1H/t12-,13-;10-,11-;3*9-,10-;;5-,6-;/m11111.1./s1. The number of esters is 2. The number of anilines is 3. The Kier molecular flexibility index (Phi) is 36.2. The highest BCUT2D eigenvalue weighted by Crippen LogP contribution is 2.35. The summed E-state index contributed by atoms with van der Waals surface area (Å²) in [6.07, 6.45) is 28.2. The SMILES string of the molecule is COC(=O)c1cccn([C@@H]2CCC[C@H]2OC)c1=O.COC(=O)c1cccoc1=O.CO[C@@H]1CCC[C@H]1N.CO[C@@H]1CCC[C@H]1n1cccc(C(=O)O)c1=O.CO[C@@H]1CCC[C@H]1n1cccc(N)c1=O.CO[C@@H]1CCC[C@H]1n1cccc(N)c1=O.CO[C@@H]1CCC[C@H]1n1cccc(NC(=O)OC(C)(C)C)c1=O.Cl. The minimum absolute atomic E-state index is 0. The molecule has 590 valence electrons. The highest BCUT2D eigenvalue weighted by atomic mass is 35.5. The van der Waals surface area contributed by atoms with E-state index in [4.69, 9.17) is 55.5 Å². The number of hydrogen-bond donors (Lipinski definition) is 5. The molecule has 0 saturated heterocycles. The van der Waals surface area contributed by atoms with Gasteiger partial charge in [-0.05, 0) is 209 Å². The maximum atomic E-state index is 12.6. The summed E-state index contributed by atoms with van der Waals surface area (Å²) >= 11 is 0. The van der Waals surface area contributed by atoms with Gasteiger partial charge in [0, 0.05) is 79.7 Å². The Bertz CT molecular complexity index is 4110. The molecule has 0 bridgehead atoms. The number of aromatic nitrogens is 5. The minimum Gasteiger partial charge on any atom is -0.477 e. The van der Waals surface area contributed by atoms with Crippen LogP contribution in [0, 0.1) is 0 Å². The third-order valence-electron chi connectivity index (χ3n) is 19.5. The van der Waals surface area contributed by atoms with Crippen molar-refractivity contribution in [1.82, 2.24) is 22.8 Å². The number of carbonyl (C=O) groups excluding carboxylic acids is 3. The Labute approximate surface area is 628 Å². The first-order valence-electron chi connectivity index (χ1n) is 35.7. The van der Waals surface area contributed by atoms with Crippen molar-refractivity contribution in [2.75, 3.05) is 73.7 Å². The predicted molar refractivity (Wildman–Crippen MR) is 405 cm³/mol. The number of methoxy groups -OCH3 is 8. The molecule has 6 aromatic rings. The van der Waals surface area contributed by atoms with Crippen LogP contribution in [0.3, 0.4) is 0 Å². The summed E-state index contributed by atoms with van der Waals surface area (Å²) in [5, 5.41) is 11.4. The van der Waals surface area contributed by atoms with Gasteiger partial charge in [0.2, 0.25) is 0 Å². The monoisotopic (exact) mass is 1520 g/mol. The van der Waals surface area contributed by atoms with Crippen molar-refractivity contribution in [3.8, 4) is 0 Å². The lowest BCUT2D eigenvalue weighted by Crippen LogP contribution is -2.33. The van der Waals surface area contributed by atoms with Crippen molar-refractivity contribution < 1.29 is 71.3 Å². The van der Waals surface area contributed by atoms with E-state index < -0.39 is 40.8 Å². The molecule has 107 heavy (non-hydrogen) atoms. The van der Waals surface area contributed by atoms with Crippen LogP contribution in [0.1, 0.15) is 198 Å². The van der Waals surface area contributed by atoms with Gasteiger partial charge in [-0.2, -0.15) is 0 Å². The number of nitrogen functional groups attached to an aromatic ring is 2. The summed E-state index contributed by atoms with van der Waals surface area (Å²) in [6, 6.07) is 19.7. The van der Waals surface area contributed by atoms with E-state index in [2.05, 4.69) is 19.2 Å². The molecule has 0 radical (unpaired) electrons. The number of pyridine rings is 5. The van der Waals surface area contributed by atoms with Crippen LogP contribution in [0.2, 0.25) is 0 Å². The molecule has 12 atom stereocenters. The number of carboxylic acids is 1. The molecule has 0 aromatic carbocycles. The molecule has 6 aliphatic rings. The van der Waals surface area contributed by atoms with E-state index in [1.54, 1.807) is 149 Å². The van der Waals surface area contributed by atoms with Gasteiger partial charge in [0.15, 0.2) is 0 Å². The molecule has 31 heteroatoms. The molecule has 6 aromatic heterocycles. The topological polar surface area (TPSA) is 402 Å². The Morgan fingerprint density at radius 3 is 1.08 bits per heavy atom. The van der Waals surface area contributed by atoms with E-state index in [1.165, 1.54) is 55.7 Å². The van der Waals surface area contributed by atoms with Crippen LogP contribution in [-0.4, -0.2) is 157 Å². The average Bonchev–Trinajstić information content (AvgIpc) is 1.79. The lowest BCUT2D eigenvalue weighted by atomic mass is 10.2. The van der Waals surface area contributed by atoms with Crippen LogP contribution in [0.4, 0.5) is 21.9 Å². The Morgan fingerprint density at radius 2 is 0.748 bits per heavy atom. The average molecular weight is 1520 g/mol. The van der Waals surface area contributed by atoms with Crippen LogP contribution in [0.5, 0.6) is 0 Å². The summed E-state index contributed by atoms with van der Waals surface area (Å²) in [5.41, 5.74) is 15.0. The first-order valence-corrected chi connectivity index (χ1v) is 35.7. The fourth-order valence-electron chi connectivity index (χ4n) is 14.2. The van der Waals surface area contributed by atoms with Crippen LogP contribution < -0.4 is 55.9 Å². The molecule has 8 N–H and O–H groups in total. The largest absolute Gasteiger partial charge is 0.477 e. The summed E-state index contributed by atoms with van der Waals surface area (Å²) in [5.74, 6) is -2.46. The van der Waals surface area contributed by atoms with Gasteiger partial charge in [-0.3, -0.25) is 29.3 Å². The lowest BCUT2D eigenvalue weighted by Gasteiger charge is -2.22. The molecule has 12 rings (SSSR count). The molecular formula is C76H108ClN9O21. The smallest absolute Gasteiger partial charge is 0.412 e. The third kappa shape index (κ3) is 24.5. The van der Waals surface area contributed by atoms with E-state index in [9.17, 15) is 47.9 Å². The van der Waals surface area contributed by atoms with Crippen molar-refractivity contribution in [2.45, 2.75) is 215 Å². The minimum atomic E-state index is -1.18. The van der Waals surface area contributed by atoms with Crippen molar-refractivity contribution in [2.24, 2.45) is 5.73 Å². The fraction of sp³-hybridized carbons (Fsp3) is 0.553. The number of carbonyl (C=O) groups is 4. The van der Waals surface area contributed by atoms with Gasteiger partial charge >= 0.3 is 29.6 Å². The summed E-state index contributed by atoms with van der Waals surface area (Å²) in [7, 11) is 12.5. The second-order valence-electron chi connectivity index (χ2n) is 27.2. The second kappa shape index (κ2) is 43.7. The fourth-order valence-corrected chi connectivity index (χ4v) is 14.2. The van der Waals surface area contributed by atoms with Crippen molar-refractivity contribution in [1.29, 1.82) is 0 Å². The Hall–Kier alpha value is -9.01. The van der Waals surface area contributed by atoms with E-state index in [1.807, 2.05) is 12.1 Å². The number of ether oxygens (including phenoxy) is 9. The van der Waals surface area contributed by atoms with Crippen LogP contribution >= 0.6 is 12.4 Å². The zero-order valence-electron chi connectivity index (χ0n) is 63.0. The molecular weight excluding hydrogens is 1410 g/mol. The second-order valence-corrected chi connectivity index (χ2v) is 27.2. The first-order chi connectivity index (χ1) is 50.7. The zero-order chi connectivity index (χ0) is 77.8. The van der Waals surface area contributed by atoms with Gasteiger partial charge in [-0.15, -0.1) is 12.4 Å². The number of nitrogens with one attached hydrogen (secondary N) is 1. The maximum Gasteiger partial charge on any atom is 0.412 e.